The lowest BCUT2D eigenvalue weighted by Crippen LogP contribution is -2.16. The molecule has 1 aromatic heterocycles. The van der Waals surface area contributed by atoms with Crippen LogP contribution in [0, 0.1) is 6.92 Å². The van der Waals surface area contributed by atoms with Gasteiger partial charge in [-0.15, -0.1) is 10.2 Å². The van der Waals surface area contributed by atoms with E-state index in [1.807, 2.05) is 31.2 Å². The molecule has 4 nitrogen and oxygen atoms in total. The zero-order valence-electron chi connectivity index (χ0n) is 12.0. The molecule has 0 bridgehead atoms. The highest BCUT2D eigenvalue weighted by Gasteiger charge is 2.19. The second kappa shape index (κ2) is 6.81. The number of nitrogens with zero attached hydrogens (tertiary/aromatic N) is 3. The van der Waals surface area contributed by atoms with Crippen LogP contribution in [0.1, 0.15) is 24.2 Å². The number of aryl methyl sites for hydroxylation is 1. The van der Waals surface area contributed by atoms with Crippen LogP contribution in [0.5, 0.6) is 0 Å². The number of ether oxygens (including phenoxy) is 1. The van der Waals surface area contributed by atoms with E-state index in [4.69, 9.17) is 16.3 Å². The average Bonchev–Trinajstić information content (AvgIpc) is 3.11. The molecule has 6 heteroatoms. The van der Waals surface area contributed by atoms with E-state index in [-0.39, 0.29) is 0 Å². The van der Waals surface area contributed by atoms with Gasteiger partial charge in [-0.25, -0.2) is 0 Å². The maximum absolute atomic E-state index is 5.91. The number of hydrogen-bond acceptors (Lipinski definition) is 4. The summed E-state index contributed by atoms with van der Waals surface area (Å²) < 4.78 is 7.88. The molecule has 1 fully saturated rings. The van der Waals surface area contributed by atoms with Gasteiger partial charge in [0.2, 0.25) is 0 Å². The van der Waals surface area contributed by atoms with Crippen molar-refractivity contribution < 1.29 is 4.74 Å². The first kappa shape index (κ1) is 14.9. The molecular formula is C15H18ClN3OS. The highest BCUT2D eigenvalue weighted by atomic mass is 35.5. The van der Waals surface area contributed by atoms with Crippen molar-refractivity contribution in [2.45, 2.75) is 43.3 Å². The molecule has 0 radical (unpaired) electrons. The Morgan fingerprint density at radius 2 is 2.14 bits per heavy atom. The van der Waals surface area contributed by atoms with E-state index >= 15 is 0 Å². The van der Waals surface area contributed by atoms with Crippen LogP contribution in [0.2, 0.25) is 5.02 Å². The summed E-state index contributed by atoms with van der Waals surface area (Å²) in [7, 11) is 0. The quantitative estimate of drug-likeness (QED) is 0.786. The Kier molecular flexibility index (Phi) is 4.83. The van der Waals surface area contributed by atoms with Crippen LogP contribution in [0.4, 0.5) is 0 Å². The van der Waals surface area contributed by atoms with Crippen molar-refractivity contribution in [1.29, 1.82) is 0 Å². The van der Waals surface area contributed by atoms with Crippen LogP contribution < -0.4 is 0 Å². The smallest absolute Gasteiger partial charge is 0.191 e. The van der Waals surface area contributed by atoms with Gasteiger partial charge in [-0.05, 0) is 37.5 Å². The third kappa shape index (κ3) is 3.78. The van der Waals surface area contributed by atoms with E-state index in [0.717, 1.165) is 47.7 Å². The lowest BCUT2D eigenvalue weighted by Gasteiger charge is -2.13. The van der Waals surface area contributed by atoms with Crippen LogP contribution in [-0.2, 0) is 17.0 Å². The molecular weight excluding hydrogens is 306 g/mol. The van der Waals surface area contributed by atoms with Crippen molar-refractivity contribution in [3.63, 3.8) is 0 Å². The van der Waals surface area contributed by atoms with Crippen LogP contribution >= 0.6 is 23.4 Å². The number of halogens is 1. The van der Waals surface area contributed by atoms with Gasteiger partial charge in [-0.2, -0.15) is 0 Å². The van der Waals surface area contributed by atoms with Crippen molar-refractivity contribution in [1.82, 2.24) is 14.8 Å². The summed E-state index contributed by atoms with van der Waals surface area (Å²) in [4.78, 5) is 0. The summed E-state index contributed by atoms with van der Waals surface area (Å²) >= 11 is 7.61. The van der Waals surface area contributed by atoms with Crippen molar-refractivity contribution in [2.24, 2.45) is 0 Å². The van der Waals surface area contributed by atoms with Gasteiger partial charge < -0.3 is 9.30 Å². The number of rotatable bonds is 5. The molecule has 3 rings (SSSR count). The zero-order chi connectivity index (χ0) is 14.7. The Hall–Kier alpha value is -1.04. The van der Waals surface area contributed by atoms with E-state index in [9.17, 15) is 0 Å². The second-order valence-electron chi connectivity index (χ2n) is 5.19. The van der Waals surface area contributed by atoms with E-state index in [2.05, 4.69) is 14.8 Å². The van der Waals surface area contributed by atoms with Crippen LogP contribution in [0.15, 0.2) is 29.4 Å². The Morgan fingerprint density at radius 3 is 2.86 bits per heavy atom. The van der Waals surface area contributed by atoms with Crippen LogP contribution in [-0.4, -0.2) is 27.5 Å². The maximum Gasteiger partial charge on any atom is 0.191 e. The van der Waals surface area contributed by atoms with Gasteiger partial charge in [0.1, 0.15) is 5.82 Å². The largest absolute Gasteiger partial charge is 0.376 e. The minimum absolute atomic E-state index is 0.301. The summed E-state index contributed by atoms with van der Waals surface area (Å²) in [6.45, 7) is 3.72. The van der Waals surface area contributed by atoms with Crippen molar-refractivity contribution >= 4 is 23.4 Å². The fraction of sp³-hybridized carbons (Fsp3) is 0.467. The van der Waals surface area contributed by atoms with E-state index in [1.165, 1.54) is 5.56 Å². The lowest BCUT2D eigenvalue weighted by molar-refractivity contribution is 0.0944. The molecule has 1 atom stereocenters. The number of thioether (sulfide) groups is 1. The molecule has 21 heavy (non-hydrogen) atoms. The average molecular weight is 324 g/mol. The molecule has 2 heterocycles. The summed E-state index contributed by atoms with van der Waals surface area (Å²) in [5, 5.41) is 10.2. The van der Waals surface area contributed by atoms with Gasteiger partial charge in [-0.1, -0.05) is 35.5 Å². The first-order chi connectivity index (χ1) is 10.2. The molecule has 0 amide bonds. The molecule has 0 saturated carbocycles. The summed E-state index contributed by atoms with van der Waals surface area (Å²) in [6, 6.07) is 7.92. The first-order valence-electron chi connectivity index (χ1n) is 7.11. The SMILES string of the molecule is Cc1nnc(SCc2ccc(Cl)cc2)n1C[C@@H]1CCCO1. The number of hydrogen-bond donors (Lipinski definition) is 0. The normalized spacial score (nSPS) is 18.3. The molecule has 1 aliphatic heterocycles. The highest BCUT2D eigenvalue weighted by molar-refractivity contribution is 7.98. The van der Waals surface area contributed by atoms with Gasteiger partial charge in [0, 0.05) is 17.4 Å². The predicted octanol–water partition coefficient (Wildman–Crippen LogP) is 3.71. The topological polar surface area (TPSA) is 39.9 Å². The summed E-state index contributed by atoms with van der Waals surface area (Å²) in [6.07, 6.45) is 2.58. The zero-order valence-corrected chi connectivity index (χ0v) is 13.5. The minimum Gasteiger partial charge on any atom is -0.376 e. The summed E-state index contributed by atoms with van der Waals surface area (Å²) in [5.41, 5.74) is 1.23. The molecule has 0 spiro atoms. The Bertz CT molecular complexity index is 593. The van der Waals surface area contributed by atoms with Crippen molar-refractivity contribution in [2.75, 3.05) is 6.61 Å². The molecule has 2 aromatic rings. The van der Waals surface area contributed by atoms with Gasteiger partial charge in [0.05, 0.1) is 12.6 Å². The Labute approximate surface area is 133 Å². The predicted molar refractivity (Wildman–Crippen MR) is 84.7 cm³/mol. The van der Waals surface area contributed by atoms with Gasteiger partial charge in [0.25, 0.3) is 0 Å². The molecule has 0 N–H and O–H groups in total. The van der Waals surface area contributed by atoms with Crippen LogP contribution in [0.3, 0.4) is 0 Å². The van der Waals surface area contributed by atoms with E-state index in [0.29, 0.717) is 6.10 Å². The standard InChI is InChI=1S/C15H18ClN3OS/c1-11-17-18-15(19(11)9-14-3-2-8-20-14)21-10-12-4-6-13(16)7-5-12/h4-7,14H,2-3,8-10H2,1H3/t14-/m0/s1. The van der Waals surface area contributed by atoms with Gasteiger partial charge in [0.15, 0.2) is 5.16 Å². The Morgan fingerprint density at radius 1 is 1.33 bits per heavy atom. The van der Waals surface area contributed by atoms with E-state index in [1.54, 1.807) is 11.8 Å². The minimum atomic E-state index is 0.301. The number of benzene rings is 1. The first-order valence-corrected chi connectivity index (χ1v) is 8.47. The third-order valence-corrected chi connectivity index (χ3v) is 4.88. The fourth-order valence-electron chi connectivity index (χ4n) is 2.40. The van der Waals surface area contributed by atoms with Crippen molar-refractivity contribution in [3.05, 3.63) is 40.7 Å². The van der Waals surface area contributed by atoms with Gasteiger partial charge in [-0.3, -0.25) is 0 Å². The van der Waals surface area contributed by atoms with Crippen LogP contribution in [0.25, 0.3) is 0 Å². The molecule has 1 aliphatic rings. The highest BCUT2D eigenvalue weighted by Crippen LogP contribution is 2.24. The summed E-state index contributed by atoms with van der Waals surface area (Å²) in [5.74, 6) is 1.81. The third-order valence-electron chi connectivity index (χ3n) is 3.59. The number of aromatic nitrogens is 3. The molecule has 112 valence electrons. The lowest BCUT2D eigenvalue weighted by atomic mass is 10.2. The second-order valence-corrected chi connectivity index (χ2v) is 6.57. The molecule has 0 aliphatic carbocycles. The fourth-order valence-corrected chi connectivity index (χ4v) is 3.47. The van der Waals surface area contributed by atoms with Crippen molar-refractivity contribution in [3.8, 4) is 0 Å². The molecule has 1 aromatic carbocycles. The Balaban J connectivity index is 1.66. The monoisotopic (exact) mass is 323 g/mol. The molecule has 1 saturated heterocycles. The van der Waals surface area contributed by atoms with Gasteiger partial charge >= 0.3 is 0 Å². The molecule has 0 unspecified atom stereocenters. The van der Waals surface area contributed by atoms with E-state index < -0.39 is 0 Å². The maximum atomic E-state index is 5.91.